The molecule has 1 aromatic rings. The first-order chi connectivity index (χ1) is 13.1. The quantitative estimate of drug-likeness (QED) is 0.506. The van der Waals surface area contributed by atoms with Crippen LogP contribution in [0.4, 0.5) is 0 Å². The van der Waals surface area contributed by atoms with Gasteiger partial charge in [0.1, 0.15) is 0 Å². The molecule has 0 spiro atoms. The van der Waals surface area contributed by atoms with Gasteiger partial charge in [0, 0.05) is 52.0 Å². The summed E-state index contributed by atoms with van der Waals surface area (Å²) in [7, 11) is 1.78. The maximum absolute atomic E-state index is 5.88. The lowest BCUT2D eigenvalue weighted by Gasteiger charge is -2.34. The Kier molecular flexibility index (Phi) is 9.35. The molecule has 0 aromatic carbocycles. The van der Waals surface area contributed by atoms with Gasteiger partial charge in [0.25, 0.3) is 0 Å². The normalized spacial score (nSPS) is 18.6. The number of nitrogens with zero attached hydrogens (tertiary/aromatic N) is 3. The Balaban J connectivity index is 1.72. The molecule has 7 nitrogen and oxygen atoms in total. The molecule has 0 amide bonds. The molecule has 0 aliphatic carbocycles. The van der Waals surface area contributed by atoms with E-state index in [4.69, 9.17) is 9.47 Å². The van der Waals surface area contributed by atoms with Crippen molar-refractivity contribution in [3.63, 3.8) is 0 Å². The zero-order valence-electron chi connectivity index (χ0n) is 17.2. The van der Waals surface area contributed by atoms with E-state index in [1.54, 1.807) is 7.05 Å². The Bertz CT molecular complexity index is 562. The molecule has 0 radical (unpaired) electrons. The highest BCUT2D eigenvalue weighted by Crippen LogP contribution is 2.08. The highest BCUT2D eigenvalue weighted by atomic mass is 16.5. The monoisotopic (exact) mass is 377 g/mol. The van der Waals surface area contributed by atoms with Gasteiger partial charge in [0.2, 0.25) is 5.88 Å². The van der Waals surface area contributed by atoms with Crippen LogP contribution < -0.4 is 15.4 Å². The van der Waals surface area contributed by atoms with Crippen molar-refractivity contribution in [2.24, 2.45) is 10.9 Å². The van der Waals surface area contributed by atoms with Gasteiger partial charge in [-0.05, 0) is 17.9 Å². The van der Waals surface area contributed by atoms with Gasteiger partial charge in [-0.1, -0.05) is 26.8 Å². The number of hydrogen-bond donors (Lipinski definition) is 2. The first kappa shape index (κ1) is 21.4. The van der Waals surface area contributed by atoms with Crippen molar-refractivity contribution >= 4 is 5.96 Å². The van der Waals surface area contributed by atoms with Crippen molar-refractivity contribution in [3.05, 3.63) is 23.9 Å². The Labute approximate surface area is 163 Å². The number of rotatable bonds is 9. The van der Waals surface area contributed by atoms with E-state index in [-0.39, 0.29) is 6.10 Å². The second kappa shape index (κ2) is 11.8. The van der Waals surface area contributed by atoms with Crippen LogP contribution in [0.1, 0.15) is 32.8 Å². The Hall–Kier alpha value is -1.86. The van der Waals surface area contributed by atoms with Crippen LogP contribution >= 0.6 is 0 Å². The number of guanidine groups is 1. The fraction of sp³-hybridized carbons (Fsp3) is 0.700. The fourth-order valence-corrected chi connectivity index (χ4v) is 3.01. The third kappa shape index (κ3) is 8.13. The topological polar surface area (TPSA) is 71.0 Å². The SMILES string of the molecule is CCCOc1ccc(CNC(=NC)NCC2CN(CC(C)C)CCO2)cn1. The Morgan fingerprint density at radius 1 is 1.41 bits per heavy atom. The summed E-state index contributed by atoms with van der Waals surface area (Å²) < 4.78 is 11.4. The minimum Gasteiger partial charge on any atom is -0.478 e. The summed E-state index contributed by atoms with van der Waals surface area (Å²) in [6.07, 6.45) is 3.00. The standard InChI is InChI=1S/C20H35N5O2/c1-5-9-27-19-7-6-17(11-22-19)12-23-20(21-4)24-13-18-15-25(8-10-26-18)14-16(2)3/h6-7,11,16,18H,5,8-10,12-15H2,1-4H3,(H2,21,23,24). The summed E-state index contributed by atoms with van der Waals surface area (Å²) >= 11 is 0. The molecule has 7 heteroatoms. The van der Waals surface area contributed by atoms with E-state index in [1.165, 1.54) is 0 Å². The summed E-state index contributed by atoms with van der Waals surface area (Å²) in [5.41, 5.74) is 1.08. The number of hydrogen-bond acceptors (Lipinski definition) is 5. The van der Waals surface area contributed by atoms with Crippen molar-refractivity contribution < 1.29 is 9.47 Å². The predicted octanol–water partition coefficient (Wildman–Crippen LogP) is 1.89. The number of nitrogens with one attached hydrogen (secondary N) is 2. The highest BCUT2D eigenvalue weighted by Gasteiger charge is 2.21. The molecule has 1 aromatic heterocycles. The van der Waals surface area contributed by atoms with Crippen LogP contribution in [0.5, 0.6) is 5.88 Å². The van der Waals surface area contributed by atoms with Crippen LogP contribution in [-0.4, -0.2) is 68.4 Å². The van der Waals surface area contributed by atoms with Gasteiger partial charge in [-0.15, -0.1) is 0 Å². The molecule has 2 heterocycles. The Morgan fingerprint density at radius 2 is 2.26 bits per heavy atom. The van der Waals surface area contributed by atoms with Crippen molar-refractivity contribution in [3.8, 4) is 5.88 Å². The number of pyridine rings is 1. The van der Waals surface area contributed by atoms with Crippen LogP contribution in [0.2, 0.25) is 0 Å². The summed E-state index contributed by atoms with van der Waals surface area (Å²) in [5.74, 6) is 2.12. The van der Waals surface area contributed by atoms with E-state index in [9.17, 15) is 0 Å². The molecule has 152 valence electrons. The molecule has 0 bridgehead atoms. The lowest BCUT2D eigenvalue weighted by Crippen LogP contribution is -2.50. The summed E-state index contributed by atoms with van der Waals surface area (Å²) in [6, 6.07) is 3.92. The van der Waals surface area contributed by atoms with E-state index < -0.39 is 0 Å². The smallest absolute Gasteiger partial charge is 0.213 e. The largest absolute Gasteiger partial charge is 0.478 e. The van der Waals surface area contributed by atoms with Crippen LogP contribution in [0.25, 0.3) is 0 Å². The second-order valence-electron chi connectivity index (χ2n) is 7.31. The minimum absolute atomic E-state index is 0.188. The molecule has 2 rings (SSSR count). The van der Waals surface area contributed by atoms with E-state index in [2.05, 4.69) is 46.3 Å². The summed E-state index contributed by atoms with van der Waals surface area (Å²) in [4.78, 5) is 11.1. The van der Waals surface area contributed by atoms with Gasteiger partial charge in [0.15, 0.2) is 5.96 Å². The van der Waals surface area contributed by atoms with Crippen LogP contribution in [0.3, 0.4) is 0 Å². The van der Waals surface area contributed by atoms with Gasteiger partial charge < -0.3 is 20.1 Å². The molecule has 1 atom stereocenters. The zero-order chi connectivity index (χ0) is 19.5. The average molecular weight is 378 g/mol. The molecule has 1 aliphatic rings. The summed E-state index contributed by atoms with van der Waals surface area (Å²) in [5, 5.41) is 6.68. The van der Waals surface area contributed by atoms with Gasteiger partial charge >= 0.3 is 0 Å². The third-order valence-corrected chi connectivity index (χ3v) is 4.28. The molecule has 1 fully saturated rings. The molecule has 1 aliphatic heterocycles. The molecular weight excluding hydrogens is 342 g/mol. The first-order valence-electron chi connectivity index (χ1n) is 9.97. The third-order valence-electron chi connectivity index (χ3n) is 4.28. The molecule has 1 saturated heterocycles. The van der Waals surface area contributed by atoms with E-state index >= 15 is 0 Å². The highest BCUT2D eigenvalue weighted by molar-refractivity contribution is 5.79. The van der Waals surface area contributed by atoms with Gasteiger partial charge in [0.05, 0.1) is 19.3 Å². The summed E-state index contributed by atoms with van der Waals surface area (Å²) in [6.45, 7) is 12.6. The second-order valence-corrected chi connectivity index (χ2v) is 7.31. The maximum Gasteiger partial charge on any atom is 0.213 e. The first-order valence-corrected chi connectivity index (χ1v) is 9.97. The van der Waals surface area contributed by atoms with Crippen molar-refractivity contribution in [2.45, 2.75) is 39.8 Å². The minimum atomic E-state index is 0.188. The van der Waals surface area contributed by atoms with Crippen LogP contribution in [0.15, 0.2) is 23.3 Å². The van der Waals surface area contributed by atoms with Crippen molar-refractivity contribution in [2.75, 3.05) is 46.4 Å². The predicted molar refractivity (Wildman–Crippen MR) is 109 cm³/mol. The van der Waals surface area contributed by atoms with Crippen molar-refractivity contribution in [1.29, 1.82) is 0 Å². The van der Waals surface area contributed by atoms with E-state index in [1.807, 2.05) is 18.3 Å². The number of aromatic nitrogens is 1. The van der Waals surface area contributed by atoms with Gasteiger partial charge in [-0.25, -0.2) is 4.98 Å². The number of ether oxygens (including phenoxy) is 2. The lowest BCUT2D eigenvalue weighted by atomic mass is 10.2. The maximum atomic E-state index is 5.88. The van der Waals surface area contributed by atoms with E-state index in [0.717, 1.165) is 50.7 Å². The molecule has 27 heavy (non-hydrogen) atoms. The Morgan fingerprint density at radius 3 is 2.93 bits per heavy atom. The fourth-order valence-electron chi connectivity index (χ4n) is 3.01. The molecular formula is C20H35N5O2. The lowest BCUT2D eigenvalue weighted by molar-refractivity contribution is -0.0284. The molecule has 2 N–H and O–H groups in total. The number of aliphatic imine (C=N–C) groups is 1. The molecule has 1 unspecified atom stereocenters. The van der Waals surface area contributed by atoms with Gasteiger partial charge in [-0.3, -0.25) is 9.89 Å². The average Bonchev–Trinajstić information content (AvgIpc) is 2.67. The van der Waals surface area contributed by atoms with Crippen molar-refractivity contribution in [1.82, 2.24) is 20.5 Å². The molecule has 0 saturated carbocycles. The zero-order valence-corrected chi connectivity index (χ0v) is 17.2. The number of morpholine rings is 1. The van der Waals surface area contributed by atoms with Gasteiger partial charge in [-0.2, -0.15) is 0 Å². The van der Waals surface area contributed by atoms with E-state index in [0.29, 0.717) is 24.9 Å². The van der Waals surface area contributed by atoms with Crippen LogP contribution in [-0.2, 0) is 11.3 Å². The van der Waals surface area contributed by atoms with Crippen LogP contribution in [0, 0.1) is 5.92 Å².